The van der Waals surface area contributed by atoms with E-state index in [0.29, 0.717) is 5.69 Å². The molecule has 0 unspecified atom stereocenters. The Balaban J connectivity index is 1.59. The quantitative estimate of drug-likeness (QED) is 0.593. The molecule has 7 heteroatoms. The Kier molecular flexibility index (Phi) is 6.51. The van der Waals surface area contributed by atoms with E-state index in [0.717, 1.165) is 23.4 Å². The minimum Gasteiger partial charge on any atom is -0.326 e. The van der Waals surface area contributed by atoms with Crippen molar-refractivity contribution in [2.75, 3.05) is 11.1 Å². The van der Waals surface area contributed by atoms with Gasteiger partial charge in [-0.2, -0.15) is 0 Å². The maximum Gasteiger partial charge on any atom is 0.225 e. The van der Waals surface area contributed by atoms with E-state index in [9.17, 15) is 17.6 Å². The fraction of sp³-hybridized carbons (Fsp3) is 0.0909. The van der Waals surface area contributed by atoms with Crippen molar-refractivity contribution in [2.24, 2.45) is 0 Å². The zero-order valence-electron chi connectivity index (χ0n) is 15.5. The second-order valence-corrected chi connectivity index (χ2v) is 8.39. The van der Waals surface area contributed by atoms with Crippen molar-refractivity contribution >= 4 is 33.6 Å². The van der Waals surface area contributed by atoms with E-state index >= 15 is 0 Å². The van der Waals surface area contributed by atoms with Crippen LogP contribution in [0.3, 0.4) is 0 Å². The van der Waals surface area contributed by atoms with Crippen molar-refractivity contribution in [3.05, 3.63) is 90.0 Å². The lowest BCUT2D eigenvalue weighted by Crippen LogP contribution is -2.17. The highest BCUT2D eigenvalue weighted by atomic mass is 32.2. The molecule has 0 saturated heterocycles. The minimum absolute atomic E-state index is 0.00615. The molecule has 1 amide bonds. The molecule has 148 valence electrons. The minimum atomic E-state index is -3.66. The van der Waals surface area contributed by atoms with Gasteiger partial charge in [0.15, 0.2) is 9.84 Å². The SMILES string of the molecule is O=C(CCS(=O)(=O)c1ccc(F)cc1)Nc1cccc(C=Cc2ccccn2)c1. The molecular formula is C22H19FN2O3S. The van der Waals surface area contributed by atoms with Crippen LogP contribution in [-0.4, -0.2) is 25.1 Å². The van der Waals surface area contributed by atoms with Gasteiger partial charge >= 0.3 is 0 Å². The largest absolute Gasteiger partial charge is 0.326 e. The standard InChI is InChI=1S/C22H19FN2O3S/c23-18-8-11-21(12-9-18)29(27,28)15-13-22(26)25-20-6-3-4-17(16-20)7-10-19-5-1-2-14-24-19/h1-12,14,16H,13,15H2,(H,25,26). The first-order valence-electron chi connectivity index (χ1n) is 8.90. The number of hydrogen-bond acceptors (Lipinski definition) is 4. The van der Waals surface area contributed by atoms with Gasteiger partial charge in [-0.25, -0.2) is 12.8 Å². The maximum atomic E-state index is 12.9. The van der Waals surface area contributed by atoms with E-state index in [-0.39, 0.29) is 17.1 Å². The fourth-order valence-electron chi connectivity index (χ4n) is 2.59. The Morgan fingerprint density at radius 1 is 1.00 bits per heavy atom. The molecule has 0 saturated carbocycles. The number of amides is 1. The van der Waals surface area contributed by atoms with Crippen LogP contribution >= 0.6 is 0 Å². The van der Waals surface area contributed by atoms with E-state index in [4.69, 9.17) is 0 Å². The fourth-order valence-corrected chi connectivity index (χ4v) is 3.83. The molecule has 0 aliphatic heterocycles. The molecule has 0 spiro atoms. The average molecular weight is 410 g/mol. The van der Waals surface area contributed by atoms with Crippen LogP contribution in [0.25, 0.3) is 12.2 Å². The topological polar surface area (TPSA) is 76.1 Å². The lowest BCUT2D eigenvalue weighted by molar-refractivity contribution is -0.115. The number of sulfone groups is 1. The molecule has 2 aromatic carbocycles. The summed E-state index contributed by atoms with van der Waals surface area (Å²) in [5.41, 5.74) is 2.25. The Labute approximate surface area is 168 Å². The highest BCUT2D eigenvalue weighted by Gasteiger charge is 2.16. The third-order valence-corrected chi connectivity index (χ3v) is 5.81. The molecule has 0 bridgehead atoms. The number of rotatable bonds is 7. The lowest BCUT2D eigenvalue weighted by Gasteiger charge is -2.07. The summed E-state index contributed by atoms with van der Waals surface area (Å²) in [6.07, 6.45) is 5.23. The van der Waals surface area contributed by atoms with Crippen LogP contribution in [0.5, 0.6) is 0 Å². The van der Waals surface area contributed by atoms with Crippen molar-refractivity contribution in [1.29, 1.82) is 0 Å². The Morgan fingerprint density at radius 3 is 2.52 bits per heavy atom. The van der Waals surface area contributed by atoms with Gasteiger partial charge < -0.3 is 5.32 Å². The molecule has 5 nitrogen and oxygen atoms in total. The highest BCUT2D eigenvalue weighted by Crippen LogP contribution is 2.16. The van der Waals surface area contributed by atoms with Gasteiger partial charge in [-0.15, -0.1) is 0 Å². The van der Waals surface area contributed by atoms with Gasteiger partial charge in [0.05, 0.1) is 16.3 Å². The smallest absolute Gasteiger partial charge is 0.225 e. The van der Waals surface area contributed by atoms with E-state index < -0.39 is 21.6 Å². The third kappa shape index (κ3) is 6.08. The number of nitrogens with one attached hydrogen (secondary N) is 1. The normalized spacial score (nSPS) is 11.5. The number of carbonyl (C=O) groups is 1. The molecule has 0 fully saturated rings. The van der Waals surface area contributed by atoms with Crippen LogP contribution in [-0.2, 0) is 14.6 Å². The average Bonchev–Trinajstić information content (AvgIpc) is 2.72. The number of halogens is 1. The molecule has 0 aliphatic carbocycles. The van der Waals surface area contributed by atoms with E-state index in [2.05, 4.69) is 10.3 Å². The van der Waals surface area contributed by atoms with Crippen molar-refractivity contribution < 1.29 is 17.6 Å². The molecule has 29 heavy (non-hydrogen) atoms. The van der Waals surface area contributed by atoms with Crippen LogP contribution in [0.4, 0.5) is 10.1 Å². The molecule has 1 aromatic heterocycles. The first-order valence-corrected chi connectivity index (χ1v) is 10.5. The van der Waals surface area contributed by atoms with Gasteiger partial charge in [0.1, 0.15) is 5.82 Å². The summed E-state index contributed by atoms with van der Waals surface area (Å²) in [4.78, 5) is 16.4. The Bertz CT molecular complexity index is 1110. The molecule has 3 rings (SSSR count). The summed E-state index contributed by atoms with van der Waals surface area (Å²) >= 11 is 0. The first-order chi connectivity index (χ1) is 13.9. The Hall–Kier alpha value is -3.32. The van der Waals surface area contributed by atoms with Crippen molar-refractivity contribution in [1.82, 2.24) is 4.98 Å². The molecule has 1 N–H and O–H groups in total. The summed E-state index contributed by atoms with van der Waals surface area (Å²) in [5, 5.41) is 2.70. The number of benzene rings is 2. The predicted molar refractivity (Wildman–Crippen MR) is 111 cm³/mol. The van der Waals surface area contributed by atoms with Crippen LogP contribution in [0.2, 0.25) is 0 Å². The second kappa shape index (κ2) is 9.25. The van der Waals surface area contributed by atoms with Gasteiger partial charge in [0.2, 0.25) is 5.91 Å². The number of aromatic nitrogens is 1. The third-order valence-electron chi connectivity index (χ3n) is 4.08. The second-order valence-electron chi connectivity index (χ2n) is 6.28. The van der Waals surface area contributed by atoms with Gasteiger partial charge in [-0.1, -0.05) is 24.3 Å². The summed E-state index contributed by atoms with van der Waals surface area (Å²) in [6.45, 7) is 0. The van der Waals surface area contributed by atoms with Crippen molar-refractivity contribution in [2.45, 2.75) is 11.3 Å². The number of nitrogens with zero attached hydrogens (tertiary/aromatic N) is 1. The molecule has 0 atom stereocenters. The van der Waals surface area contributed by atoms with Gasteiger partial charge in [0.25, 0.3) is 0 Å². The predicted octanol–water partition coefficient (Wildman–Crippen LogP) is 4.19. The van der Waals surface area contributed by atoms with E-state index in [1.165, 1.54) is 12.1 Å². The number of hydrogen-bond donors (Lipinski definition) is 1. The zero-order valence-corrected chi connectivity index (χ0v) is 16.3. The number of anilines is 1. The van der Waals surface area contributed by atoms with Crippen molar-refractivity contribution in [3.63, 3.8) is 0 Å². The molecule has 1 heterocycles. The number of carbonyl (C=O) groups excluding carboxylic acids is 1. The first kappa shape index (κ1) is 20.4. The van der Waals surface area contributed by atoms with Crippen LogP contribution < -0.4 is 5.32 Å². The van der Waals surface area contributed by atoms with Crippen LogP contribution in [0, 0.1) is 5.82 Å². The monoisotopic (exact) mass is 410 g/mol. The summed E-state index contributed by atoms with van der Waals surface area (Å²) in [5.74, 6) is -1.29. The molecule has 0 radical (unpaired) electrons. The van der Waals surface area contributed by atoms with E-state index in [1.807, 2.05) is 36.4 Å². The zero-order chi connectivity index (χ0) is 20.7. The van der Waals surface area contributed by atoms with Gasteiger partial charge in [-0.3, -0.25) is 9.78 Å². The lowest BCUT2D eigenvalue weighted by atomic mass is 10.1. The molecular weight excluding hydrogens is 391 g/mol. The van der Waals surface area contributed by atoms with Crippen molar-refractivity contribution in [3.8, 4) is 0 Å². The summed E-state index contributed by atoms with van der Waals surface area (Å²) in [6, 6.07) is 17.3. The van der Waals surface area contributed by atoms with Crippen LogP contribution in [0.1, 0.15) is 17.7 Å². The number of pyridine rings is 1. The van der Waals surface area contributed by atoms with E-state index in [1.54, 1.807) is 24.4 Å². The Morgan fingerprint density at radius 2 is 1.79 bits per heavy atom. The molecule has 0 aliphatic rings. The molecule has 3 aromatic rings. The van der Waals surface area contributed by atoms with Gasteiger partial charge in [0, 0.05) is 18.3 Å². The van der Waals surface area contributed by atoms with Crippen LogP contribution in [0.15, 0.2) is 77.8 Å². The van der Waals surface area contributed by atoms with Gasteiger partial charge in [-0.05, 0) is 60.2 Å². The summed E-state index contributed by atoms with van der Waals surface area (Å²) < 4.78 is 37.5. The maximum absolute atomic E-state index is 12.9. The highest BCUT2D eigenvalue weighted by molar-refractivity contribution is 7.91. The summed E-state index contributed by atoms with van der Waals surface area (Å²) in [7, 11) is -3.66.